The van der Waals surface area contributed by atoms with E-state index in [9.17, 15) is 13.4 Å². The number of aryl methyl sites for hydroxylation is 1. The second kappa shape index (κ2) is 7.79. The van der Waals surface area contributed by atoms with E-state index in [2.05, 4.69) is 14.5 Å². The van der Waals surface area contributed by atoms with Gasteiger partial charge >= 0.3 is 0 Å². The number of rotatable bonds is 5. The number of amides is 1. The molecule has 1 heterocycles. The monoisotopic (exact) mass is 387 g/mol. The molecule has 0 aliphatic rings. The summed E-state index contributed by atoms with van der Waals surface area (Å²) in [6.45, 7) is 1.70. The summed E-state index contributed by atoms with van der Waals surface area (Å²) in [5, 5.41) is 3.83. The summed E-state index contributed by atoms with van der Waals surface area (Å²) in [7, 11) is -2.87. The fourth-order valence-electron chi connectivity index (χ4n) is 2.55. The van der Waals surface area contributed by atoms with Gasteiger partial charge in [0.25, 0.3) is 5.91 Å². The molecule has 1 amide bonds. The molecule has 0 saturated heterocycles. The standard InChI is InChI=1S/C19H18FN3O3S/c1-13-21-19(22-26-13)15-9-7-14(8-10-15)11-18(24)23-27(2,25)12-16-5-3-4-6-17(16)20/h3-10H,11-12H2,1-2H3. The Balaban J connectivity index is 1.70. The average molecular weight is 387 g/mol. The van der Waals surface area contributed by atoms with Crippen molar-refractivity contribution in [2.75, 3.05) is 6.26 Å². The number of halogens is 1. The number of nitrogens with zero attached hydrogens (tertiary/aromatic N) is 3. The Bertz CT molecular complexity index is 1080. The third kappa shape index (κ3) is 5.07. The van der Waals surface area contributed by atoms with Crippen LogP contribution in [0.15, 0.2) is 57.4 Å². The Kier molecular flexibility index (Phi) is 5.46. The summed E-state index contributed by atoms with van der Waals surface area (Å²) < 4.78 is 35.0. The fourth-order valence-corrected chi connectivity index (χ4v) is 3.92. The van der Waals surface area contributed by atoms with Crippen molar-refractivity contribution in [3.05, 3.63) is 71.4 Å². The molecular formula is C19H18FN3O3S. The van der Waals surface area contributed by atoms with Gasteiger partial charge in [0.1, 0.15) is 5.82 Å². The van der Waals surface area contributed by atoms with Gasteiger partial charge in [-0.15, -0.1) is 0 Å². The fraction of sp³-hybridized carbons (Fsp3) is 0.211. The van der Waals surface area contributed by atoms with Gasteiger partial charge in [-0.1, -0.05) is 47.6 Å². The predicted octanol–water partition coefficient (Wildman–Crippen LogP) is 3.55. The van der Waals surface area contributed by atoms with Gasteiger partial charge in [0.15, 0.2) is 0 Å². The number of benzene rings is 2. The molecule has 27 heavy (non-hydrogen) atoms. The van der Waals surface area contributed by atoms with E-state index in [0.717, 1.165) is 5.56 Å². The average Bonchev–Trinajstić information content (AvgIpc) is 3.03. The molecule has 0 N–H and O–H groups in total. The normalized spacial score (nSPS) is 13.1. The number of carbonyl (C=O) groups excluding carboxylic acids is 1. The van der Waals surface area contributed by atoms with E-state index in [1.807, 2.05) is 0 Å². The van der Waals surface area contributed by atoms with Crippen LogP contribution in [0.25, 0.3) is 11.4 Å². The highest BCUT2D eigenvalue weighted by Gasteiger charge is 2.12. The van der Waals surface area contributed by atoms with Crippen LogP contribution in [-0.4, -0.2) is 26.5 Å². The van der Waals surface area contributed by atoms with Crippen molar-refractivity contribution >= 4 is 15.6 Å². The van der Waals surface area contributed by atoms with Gasteiger partial charge in [-0.2, -0.15) is 9.35 Å². The highest BCUT2D eigenvalue weighted by Crippen LogP contribution is 2.17. The van der Waals surface area contributed by atoms with Crippen molar-refractivity contribution in [3.63, 3.8) is 0 Å². The lowest BCUT2D eigenvalue weighted by atomic mass is 10.1. The van der Waals surface area contributed by atoms with Crippen molar-refractivity contribution in [2.24, 2.45) is 4.36 Å². The lowest BCUT2D eigenvalue weighted by molar-refractivity contribution is -0.117. The van der Waals surface area contributed by atoms with Gasteiger partial charge in [-0.05, 0) is 11.6 Å². The van der Waals surface area contributed by atoms with Crippen molar-refractivity contribution in [1.82, 2.24) is 10.1 Å². The van der Waals surface area contributed by atoms with E-state index >= 15 is 0 Å². The first-order chi connectivity index (χ1) is 12.8. The SMILES string of the molecule is Cc1nc(-c2ccc(CC(=O)N=S(C)(=O)Cc3ccccc3F)cc2)no1. The molecule has 140 valence electrons. The summed E-state index contributed by atoms with van der Waals surface area (Å²) in [4.78, 5) is 16.3. The maximum absolute atomic E-state index is 13.7. The van der Waals surface area contributed by atoms with Crippen molar-refractivity contribution in [3.8, 4) is 11.4 Å². The van der Waals surface area contributed by atoms with E-state index in [1.54, 1.807) is 43.3 Å². The molecule has 8 heteroatoms. The third-order valence-corrected chi connectivity index (χ3v) is 5.21. The van der Waals surface area contributed by atoms with Crippen LogP contribution in [0.5, 0.6) is 0 Å². The lowest BCUT2D eigenvalue weighted by Gasteiger charge is -2.05. The Labute approximate surface area is 156 Å². The molecule has 0 spiro atoms. The molecule has 1 unspecified atom stereocenters. The predicted molar refractivity (Wildman–Crippen MR) is 99.8 cm³/mol. The largest absolute Gasteiger partial charge is 0.339 e. The number of aromatic nitrogens is 2. The van der Waals surface area contributed by atoms with Crippen LogP contribution in [0.2, 0.25) is 0 Å². The molecule has 3 aromatic rings. The van der Waals surface area contributed by atoms with Crippen molar-refractivity contribution in [2.45, 2.75) is 19.1 Å². The molecule has 0 radical (unpaired) electrons. The van der Waals surface area contributed by atoms with Crippen LogP contribution < -0.4 is 0 Å². The molecule has 6 nitrogen and oxygen atoms in total. The smallest absolute Gasteiger partial charge is 0.258 e. The van der Waals surface area contributed by atoms with E-state index in [0.29, 0.717) is 17.3 Å². The van der Waals surface area contributed by atoms with Crippen molar-refractivity contribution in [1.29, 1.82) is 0 Å². The van der Waals surface area contributed by atoms with Crippen LogP contribution in [0.4, 0.5) is 4.39 Å². The van der Waals surface area contributed by atoms with Gasteiger partial charge in [0, 0.05) is 24.3 Å². The van der Waals surface area contributed by atoms with Crippen LogP contribution in [0, 0.1) is 12.7 Å². The number of carbonyl (C=O) groups is 1. The van der Waals surface area contributed by atoms with Gasteiger partial charge in [-0.25, -0.2) is 8.60 Å². The minimum Gasteiger partial charge on any atom is -0.339 e. The Hall–Kier alpha value is -2.87. The van der Waals surface area contributed by atoms with Crippen LogP contribution in [-0.2, 0) is 26.7 Å². The zero-order chi connectivity index (χ0) is 19.4. The summed E-state index contributed by atoms with van der Waals surface area (Å²) in [6, 6.07) is 13.1. The number of hydrogen-bond donors (Lipinski definition) is 0. The molecule has 0 saturated carbocycles. The third-order valence-electron chi connectivity index (χ3n) is 3.77. The van der Waals surface area contributed by atoms with Gasteiger partial charge in [-0.3, -0.25) is 4.79 Å². The van der Waals surface area contributed by atoms with E-state index in [4.69, 9.17) is 4.52 Å². The first kappa shape index (κ1) is 18.9. The van der Waals surface area contributed by atoms with Crippen LogP contribution in [0.3, 0.4) is 0 Å². The highest BCUT2D eigenvalue weighted by molar-refractivity contribution is 7.92. The first-order valence-corrected chi connectivity index (χ1v) is 10.3. The minimum atomic E-state index is -2.87. The molecular weight excluding hydrogens is 369 g/mol. The van der Waals surface area contributed by atoms with E-state index in [1.165, 1.54) is 18.4 Å². The zero-order valence-corrected chi connectivity index (χ0v) is 15.7. The second-order valence-corrected chi connectivity index (χ2v) is 8.58. The molecule has 0 fully saturated rings. The molecule has 1 atom stereocenters. The molecule has 3 rings (SSSR count). The van der Waals surface area contributed by atoms with Crippen LogP contribution in [0.1, 0.15) is 17.0 Å². The van der Waals surface area contributed by atoms with Crippen molar-refractivity contribution < 1.29 is 17.9 Å². The maximum atomic E-state index is 13.7. The van der Waals surface area contributed by atoms with Gasteiger partial charge < -0.3 is 4.52 Å². The minimum absolute atomic E-state index is 0.00759. The summed E-state index contributed by atoms with van der Waals surface area (Å²) >= 11 is 0. The molecule has 0 aliphatic carbocycles. The Morgan fingerprint density at radius 2 is 1.89 bits per heavy atom. The van der Waals surface area contributed by atoms with Gasteiger partial charge in [0.05, 0.1) is 21.9 Å². The quantitative estimate of drug-likeness (QED) is 0.668. The Morgan fingerprint density at radius 3 is 2.52 bits per heavy atom. The highest BCUT2D eigenvalue weighted by atomic mass is 32.2. The molecule has 1 aromatic heterocycles. The van der Waals surface area contributed by atoms with Gasteiger partial charge in [0.2, 0.25) is 11.7 Å². The summed E-state index contributed by atoms with van der Waals surface area (Å²) in [5.74, 6) is -0.141. The van der Waals surface area contributed by atoms with E-state index in [-0.39, 0.29) is 17.7 Å². The zero-order valence-electron chi connectivity index (χ0n) is 14.9. The molecule has 0 bridgehead atoms. The topological polar surface area (TPSA) is 85.4 Å². The first-order valence-electron chi connectivity index (χ1n) is 8.18. The Morgan fingerprint density at radius 1 is 1.19 bits per heavy atom. The summed E-state index contributed by atoms with van der Waals surface area (Å²) in [6.07, 6.45) is 1.37. The molecule has 0 aliphatic heterocycles. The van der Waals surface area contributed by atoms with E-state index < -0.39 is 21.5 Å². The lowest BCUT2D eigenvalue weighted by Crippen LogP contribution is -2.08. The molecule has 2 aromatic carbocycles. The maximum Gasteiger partial charge on any atom is 0.258 e. The number of hydrogen-bond acceptors (Lipinski definition) is 5. The second-order valence-electron chi connectivity index (χ2n) is 6.19. The van der Waals surface area contributed by atoms with Crippen LogP contribution >= 0.6 is 0 Å². The summed E-state index contributed by atoms with van der Waals surface area (Å²) in [5.41, 5.74) is 1.76.